The lowest BCUT2D eigenvalue weighted by Gasteiger charge is -2.26. The molecule has 30 heavy (non-hydrogen) atoms. The molecule has 0 spiro atoms. The summed E-state index contributed by atoms with van der Waals surface area (Å²) in [6, 6.07) is 4.42. The third kappa shape index (κ3) is 4.66. The zero-order chi connectivity index (χ0) is 21.3. The molecule has 0 bridgehead atoms. The lowest BCUT2D eigenvalue weighted by Crippen LogP contribution is -2.35. The Morgan fingerprint density at radius 2 is 1.97 bits per heavy atom. The Labute approximate surface area is 185 Å². The summed E-state index contributed by atoms with van der Waals surface area (Å²) in [6.45, 7) is 1.04. The van der Waals surface area contributed by atoms with Crippen molar-refractivity contribution in [3.63, 3.8) is 0 Å². The van der Waals surface area contributed by atoms with Gasteiger partial charge in [-0.1, -0.05) is 29.8 Å². The number of amides is 1. The molecule has 1 aromatic carbocycles. The number of thioether (sulfide) groups is 1. The van der Waals surface area contributed by atoms with E-state index in [2.05, 4.69) is 15.5 Å². The molecule has 0 radical (unpaired) electrons. The topological polar surface area (TPSA) is 97.2 Å². The van der Waals surface area contributed by atoms with Gasteiger partial charge in [0.15, 0.2) is 5.16 Å². The molecule has 2 aromatic rings. The van der Waals surface area contributed by atoms with Crippen LogP contribution >= 0.6 is 23.4 Å². The maximum atomic E-state index is 12.9. The first kappa shape index (κ1) is 21.6. The van der Waals surface area contributed by atoms with Crippen LogP contribution < -0.4 is 5.32 Å². The van der Waals surface area contributed by atoms with Gasteiger partial charge in [0, 0.05) is 26.1 Å². The molecule has 1 saturated heterocycles. The van der Waals surface area contributed by atoms with Crippen LogP contribution in [0.4, 0.5) is 5.69 Å². The number of hydrogen-bond donors (Lipinski definition) is 1. The molecule has 11 heteroatoms. The Hall–Kier alpha value is -1.62. The van der Waals surface area contributed by atoms with Gasteiger partial charge in [0.1, 0.15) is 5.82 Å². The van der Waals surface area contributed by atoms with Gasteiger partial charge in [0.05, 0.1) is 21.4 Å². The van der Waals surface area contributed by atoms with Gasteiger partial charge in [0.2, 0.25) is 15.9 Å². The fraction of sp³-hybridized carbons (Fsp3) is 0.526. The second-order valence-corrected chi connectivity index (χ2v) is 10.9. The molecule has 8 nitrogen and oxygen atoms in total. The molecule has 1 aliphatic heterocycles. The molecule has 162 valence electrons. The number of nitrogens with zero attached hydrogens (tertiary/aromatic N) is 4. The van der Waals surface area contributed by atoms with Crippen LogP contribution in [0, 0.1) is 0 Å². The number of carbonyl (C=O) groups is 1. The Balaban J connectivity index is 1.42. The van der Waals surface area contributed by atoms with Crippen LogP contribution in [-0.4, -0.2) is 52.2 Å². The van der Waals surface area contributed by atoms with Crippen molar-refractivity contribution in [3.05, 3.63) is 29.0 Å². The summed E-state index contributed by atoms with van der Waals surface area (Å²) < 4.78 is 29.2. The fourth-order valence-electron chi connectivity index (χ4n) is 3.48. The number of sulfonamides is 1. The van der Waals surface area contributed by atoms with Gasteiger partial charge in [-0.25, -0.2) is 8.42 Å². The summed E-state index contributed by atoms with van der Waals surface area (Å²) >= 11 is 7.49. The van der Waals surface area contributed by atoms with Gasteiger partial charge in [-0.15, -0.1) is 10.2 Å². The highest BCUT2D eigenvalue weighted by molar-refractivity contribution is 7.99. The lowest BCUT2D eigenvalue weighted by atomic mass is 10.2. The van der Waals surface area contributed by atoms with E-state index in [-0.39, 0.29) is 22.2 Å². The van der Waals surface area contributed by atoms with Crippen molar-refractivity contribution < 1.29 is 13.2 Å². The number of rotatable bonds is 7. The zero-order valence-electron chi connectivity index (χ0n) is 16.7. The van der Waals surface area contributed by atoms with Crippen LogP contribution in [0.25, 0.3) is 0 Å². The molecule has 0 atom stereocenters. The van der Waals surface area contributed by atoms with E-state index in [9.17, 15) is 13.2 Å². The summed E-state index contributed by atoms with van der Waals surface area (Å²) in [6.07, 6.45) is 5.02. The first-order valence-electron chi connectivity index (χ1n) is 9.98. The van der Waals surface area contributed by atoms with E-state index >= 15 is 0 Å². The number of nitrogens with one attached hydrogen (secondary N) is 1. The smallest absolute Gasteiger partial charge is 0.243 e. The number of carbonyl (C=O) groups excluding carboxylic acids is 1. The Kier molecular flexibility index (Phi) is 6.38. The van der Waals surface area contributed by atoms with Crippen molar-refractivity contribution in [2.45, 2.75) is 48.1 Å². The minimum absolute atomic E-state index is 0.121. The minimum atomic E-state index is -3.60. The quantitative estimate of drug-likeness (QED) is 0.625. The van der Waals surface area contributed by atoms with E-state index < -0.39 is 10.0 Å². The molecule has 0 unspecified atom stereocenters. The van der Waals surface area contributed by atoms with Crippen molar-refractivity contribution in [2.24, 2.45) is 7.05 Å². The van der Waals surface area contributed by atoms with Crippen molar-refractivity contribution >= 4 is 45.0 Å². The largest absolute Gasteiger partial charge is 0.324 e. The predicted molar refractivity (Wildman–Crippen MR) is 116 cm³/mol. The van der Waals surface area contributed by atoms with Crippen LogP contribution in [-0.2, 0) is 21.9 Å². The second-order valence-electron chi connectivity index (χ2n) is 7.62. The highest BCUT2D eigenvalue weighted by Crippen LogP contribution is 2.39. The van der Waals surface area contributed by atoms with Gasteiger partial charge in [0.25, 0.3) is 0 Å². The first-order valence-corrected chi connectivity index (χ1v) is 12.8. The molecular formula is C19H24ClN5O3S2. The van der Waals surface area contributed by atoms with E-state index in [0.29, 0.717) is 29.2 Å². The Morgan fingerprint density at radius 3 is 2.67 bits per heavy atom. The maximum Gasteiger partial charge on any atom is 0.243 e. The number of benzene rings is 1. The highest BCUT2D eigenvalue weighted by Gasteiger charge is 2.29. The number of anilines is 1. The molecule has 1 aromatic heterocycles. The Bertz CT molecular complexity index is 1050. The molecular weight excluding hydrogens is 446 g/mol. The molecule has 2 aliphatic rings. The summed E-state index contributed by atoms with van der Waals surface area (Å²) in [4.78, 5) is 12.6. The number of piperidine rings is 1. The fourth-order valence-corrected chi connectivity index (χ4v) is 5.91. The third-order valence-corrected chi connectivity index (χ3v) is 8.55. The minimum Gasteiger partial charge on any atom is -0.324 e. The van der Waals surface area contributed by atoms with Gasteiger partial charge in [-0.3, -0.25) is 4.79 Å². The summed E-state index contributed by atoms with van der Waals surface area (Å²) in [7, 11) is -1.70. The average Bonchev–Trinajstić information content (AvgIpc) is 3.51. The van der Waals surface area contributed by atoms with Crippen molar-refractivity contribution in [2.75, 3.05) is 24.2 Å². The van der Waals surface area contributed by atoms with E-state index in [1.54, 1.807) is 0 Å². The van der Waals surface area contributed by atoms with E-state index in [1.807, 2.05) is 11.6 Å². The van der Waals surface area contributed by atoms with Crippen LogP contribution in [0.3, 0.4) is 0 Å². The second kappa shape index (κ2) is 8.86. The molecule has 4 rings (SSSR count). The normalized spacial score (nSPS) is 17.8. The summed E-state index contributed by atoms with van der Waals surface area (Å²) in [5.41, 5.74) is 0.289. The molecule has 1 amide bonds. The Morgan fingerprint density at radius 1 is 1.23 bits per heavy atom. The summed E-state index contributed by atoms with van der Waals surface area (Å²) in [5.74, 6) is 1.27. The van der Waals surface area contributed by atoms with Gasteiger partial charge in [-0.05, 0) is 43.9 Å². The van der Waals surface area contributed by atoms with Gasteiger partial charge >= 0.3 is 0 Å². The SMILES string of the molecule is Cn1c(SCC(=O)Nc2cc(S(=O)(=O)N3CCCCC3)ccc2Cl)nnc1C1CC1. The average molecular weight is 470 g/mol. The molecule has 1 aliphatic carbocycles. The number of halogens is 1. The first-order chi connectivity index (χ1) is 14.4. The third-order valence-electron chi connectivity index (χ3n) is 5.31. The number of hydrogen-bond acceptors (Lipinski definition) is 6. The molecule has 1 saturated carbocycles. The summed E-state index contributed by atoms with van der Waals surface area (Å²) in [5, 5.41) is 12.1. The van der Waals surface area contributed by atoms with Crippen LogP contribution in [0.1, 0.15) is 43.8 Å². The number of aromatic nitrogens is 3. The van der Waals surface area contributed by atoms with Crippen molar-refractivity contribution in [1.82, 2.24) is 19.1 Å². The van der Waals surface area contributed by atoms with E-state index in [0.717, 1.165) is 37.9 Å². The van der Waals surface area contributed by atoms with Crippen molar-refractivity contribution in [1.29, 1.82) is 0 Å². The van der Waals surface area contributed by atoms with Crippen molar-refractivity contribution in [3.8, 4) is 0 Å². The van der Waals surface area contributed by atoms with Gasteiger partial charge in [-0.2, -0.15) is 4.31 Å². The van der Waals surface area contributed by atoms with Crippen LogP contribution in [0.5, 0.6) is 0 Å². The highest BCUT2D eigenvalue weighted by atomic mass is 35.5. The molecule has 2 fully saturated rings. The van der Waals surface area contributed by atoms with Gasteiger partial charge < -0.3 is 9.88 Å². The molecule has 1 N–H and O–H groups in total. The van der Waals surface area contributed by atoms with Crippen LogP contribution in [0.15, 0.2) is 28.3 Å². The van der Waals surface area contributed by atoms with E-state index in [4.69, 9.17) is 11.6 Å². The molecule has 2 heterocycles. The monoisotopic (exact) mass is 469 g/mol. The van der Waals surface area contributed by atoms with Crippen LogP contribution in [0.2, 0.25) is 5.02 Å². The predicted octanol–water partition coefficient (Wildman–Crippen LogP) is 3.25. The lowest BCUT2D eigenvalue weighted by molar-refractivity contribution is -0.113. The zero-order valence-corrected chi connectivity index (χ0v) is 19.1. The van der Waals surface area contributed by atoms with E-state index in [1.165, 1.54) is 34.3 Å². The maximum absolute atomic E-state index is 12.9. The standard InChI is InChI=1S/C19H24ClN5O3S2/c1-24-18(13-5-6-13)22-23-19(24)29-12-17(26)21-16-11-14(7-8-15(16)20)30(27,28)25-9-3-2-4-10-25/h7-8,11,13H,2-6,9-10,12H2,1H3,(H,21,26).